The number of anilines is 1. The van der Waals surface area contributed by atoms with Gasteiger partial charge in [-0.15, -0.1) is 11.3 Å². The Hall–Kier alpha value is -2.66. The number of nitrogens with zero attached hydrogens (tertiary/aromatic N) is 3. The smallest absolute Gasteiger partial charge is 0.322 e. The van der Waals surface area contributed by atoms with Gasteiger partial charge in [0.2, 0.25) is 0 Å². The molecule has 0 radical (unpaired) electrons. The monoisotopic (exact) mass is 396 g/mol. The molecule has 0 atom stereocenters. The molecule has 2 aliphatic rings. The van der Waals surface area contributed by atoms with Crippen LogP contribution in [0.25, 0.3) is 0 Å². The van der Waals surface area contributed by atoms with Crippen LogP contribution in [0.5, 0.6) is 0 Å². The van der Waals surface area contributed by atoms with E-state index >= 15 is 0 Å². The zero-order chi connectivity index (χ0) is 19.4. The van der Waals surface area contributed by atoms with E-state index < -0.39 is 29.9 Å². The first-order chi connectivity index (χ1) is 13.0. The number of hydrogen-bond donors (Lipinski definition) is 3. The van der Waals surface area contributed by atoms with Crippen molar-refractivity contribution < 1.29 is 29.3 Å². The van der Waals surface area contributed by atoms with Crippen LogP contribution < -0.4 is 10.2 Å². The number of nitrogens with one attached hydrogen (secondary N) is 1. The van der Waals surface area contributed by atoms with Crippen molar-refractivity contribution in [2.75, 3.05) is 44.3 Å². The number of rotatable bonds is 6. The molecule has 0 unspecified atom stereocenters. The van der Waals surface area contributed by atoms with Gasteiger partial charge in [0, 0.05) is 37.1 Å². The lowest BCUT2D eigenvalue weighted by Crippen LogP contribution is -2.43. The Morgan fingerprint density at radius 1 is 1.30 bits per heavy atom. The standard InChI is InChI=1S/C16H20N4O6S/c21-11-1-2-20(15(25)13(11)14(24)17-8-12(22)23)9-10-7-18-16(27-10)19-3-5-26-6-4-19/h7,21H,1-6,8-9H2,(H,17,24)(H,22,23). The Balaban J connectivity index is 1.66. The van der Waals surface area contributed by atoms with Gasteiger partial charge in [-0.05, 0) is 0 Å². The molecule has 0 spiro atoms. The molecule has 2 aliphatic heterocycles. The summed E-state index contributed by atoms with van der Waals surface area (Å²) in [6.45, 7) is 2.74. The molecule has 1 aromatic rings. The molecular weight excluding hydrogens is 376 g/mol. The van der Waals surface area contributed by atoms with Gasteiger partial charge in [0.25, 0.3) is 11.8 Å². The molecule has 10 nitrogen and oxygen atoms in total. The number of hydrogen-bond acceptors (Lipinski definition) is 8. The van der Waals surface area contributed by atoms with Gasteiger partial charge in [0.15, 0.2) is 5.13 Å². The topological polar surface area (TPSA) is 132 Å². The summed E-state index contributed by atoms with van der Waals surface area (Å²) in [6.07, 6.45) is 1.84. The summed E-state index contributed by atoms with van der Waals surface area (Å²) in [5.41, 5.74) is -0.402. The average Bonchev–Trinajstić information content (AvgIpc) is 3.12. The largest absolute Gasteiger partial charge is 0.511 e. The molecule has 3 rings (SSSR count). The molecular formula is C16H20N4O6S. The first-order valence-corrected chi connectivity index (χ1v) is 9.26. The summed E-state index contributed by atoms with van der Waals surface area (Å²) < 4.78 is 5.32. The normalized spacial score (nSPS) is 18.0. The number of aliphatic hydroxyl groups excluding tert-OH is 1. The molecule has 146 valence electrons. The van der Waals surface area contributed by atoms with E-state index in [0.29, 0.717) is 13.2 Å². The second kappa shape index (κ2) is 8.35. The van der Waals surface area contributed by atoms with E-state index in [1.165, 1.54) is 16.2 Å². The van der Waals surface area contributed by atoms with E-state index in [1.807, 2.05) is 0 Å². The number of ether oxygens (including phenoxy) is 1. The fourth-order valence-electron chi connectivity index (χ4n) is 2.83. The number of carboxylic acid groups (broad SMARTS) is 1. The molecule has 1 fully saturated rings. The van der Waals surface area contributed by atoms with Crippen LogP contribution in [0.2, 0.25) is 0 Å². The summed E-state index contributed by atoms with van der Waals surface area (Å²) in [7, 11) is 0. The predicted octanol–water partition coefficient (Wildman–Crippen LogP) is -0.275. The average molecular weight is 396 g/mol. The Kier molecular flexibility index (Phi) is 5.91. The first-order valence-electron chi connectivity index (χ1n) is 8.44. The van der Waals surface area contributed by atoms with Crippen molar-refractivity contribution in [2.45, 2.75) is 13.0 Å². The third kappa shape index (κ3) is 4.55. The van der Waals surface area contributed by atoms with Gasteiger partial charge in [0.05, 0.1) is 19.8 Å². The van der Waals surface area contributed by atoms with Gasteiger partial charge in [-0.3, -0.25) is 14.4 Å². The van der Waals surface area contributed by atoms with E-state index in [0.717, 1.165) is 23.1 Å². The highest BCUT2D eigenvalue weighted by atomic mass is 32.1. The Labute approximate surface area is 159 Å². The number of thiazole rings is 1. The van der Waals surface area contributed by atoms with Gasteiger partial charge in [0.1, 0.15) is 17.9 Å². The van der Waals surface area contributed by atoms with Crippen molar-refractivity contribution in [3.63, 3.8) is 0 Å². The minimum absolute atomic E-state index is 0.136. The molecule has 11 heteroatoms. The molecule has 3 N–H and O–H groups in total. The number of carboxylic acids is 1. The van der Waals surface area contributed by atoms with Crippen LogP contribution >= 0.6 is 11.3 Å². The first kappa shape index (κ1) is 19.1. The van der Waals surface area contributed by atoms with Crippen LogP contribution in [0.1, 0.15) is 11.3 Å². The van der Waals surface area contributed by atoms with Crippen molar-refractivity contribution in [1.29, 1.82) is 0 Å². The predicted molar refractivity (Wildman–Crippen MR) is 95.5 cm³/mol. The molecule has 0 aromatic carbocycles. The lowest BCUT2D eigenvalue weighted by atomic mass is 10.1. The summed E-state index contributed by atoms with van der Waals surface area (Å²) in [4.78, 5) is 44.1. The van der Waals surface area contributed by atoms with Gasteiger partial charge in [-0.1, -0.05) is 0 Å². The van der Waals surface area contributed by atoms with Crippen LogP contribution in [0.15, 0.2) is 17.5 Å². The molecule has 0 saturated carbocycles. The van der Waals surface area contributed by atoms with Crippen molar-refractivity contribution in [3.8, 4) is 0 Å². The number of carbonyl (C=O) groups is 3. The summed E-state index contributed by atoms with van der Waals surface area (Å²) in [5, 5.41) is 21.5. The van der Waals surface area contributed by atoms with E-state index in [9.17, 15) is 19.5 Å². The fourth-order valence-corrected chi connectivity index (χ4v) is 3.81. The maximum atomic E-state index is 12.6. The summed E-state index contributed by atoms with van der Waals surface area (Å²) in [5.74, 6) is -3.06. The summed E-state index contributed by atoms with van der Waals surface area (Å²) >= 11 is 1.47. The molecule has 1 aromatic heterocycles. The molecule has 3 heterocycles. The Morgan fingerprint density at radius 2 is 2.04 bits per heavy atom. The SMILES string of the molecule is O=C(O)CNC(=O)C1=C(O)CCN(Cc2cnc(N3CCOCC3)s2)C1=O. The van der Waals surface area contributed by atoms with Crippen LogP contribution in [0.3, 0.4) is 0 Å². The number of aliphatic hydroxyl groups is 1. The second-order valence-electron chi connectivity index (χ2n) is 6.08. The van der Waals surface area contributed by atoms with Gasteiger partial charge in [-0.25, -0.2) is 4.98 Å². The number of carbonyl (C=O) groups excluding carboxylic acids is 2. The van der Waals surface area contributed by atoms with E-state index in [1.54, 1.807) is 6.20 Å². The summed E-state index contributed by atoms with van der Waals surface area (Å²) in [6, 6.07) is 0. The third-order valence-electron chi connectivity index (χ3n) is 4.21. The minimum atomic E-state index is -1.23. The zero-order valence-corrected chi connectivity index (χ0v) is 15.3. The van der Waals surface area contributed by atoms with Crippen LogP contribution in [-0.4, -0.2) is 77.3 Å². The van der Waals surface area contributed by atoms with Crippen molar-refractivity contribution >= 4 is 34.3 Å². The number of aliphatic carboxylic acids is 1. The number of amides is 2. The van der Waals surface area contributed by atoms with E-state index in [2.05, 4.69) is 15.2 Å². The maximum absolute atomic E-state index is 12.6. The molecule has 0 bridgehead atoms. The van der Waals surface area contributed by atoms with Crippen LogP contribution in [-0.2, 0) is 25.7 Å². The fraction of sp³-hybridized carbons (Fsp3) is 0.500. The van der Waals surface area contributed by atoms with Gasteiger partial charge in [-0.2, -0.15) is 0 Å². The van der Waals surface area contributed by atoms with Crippen molar-refractivity contribution in [3.05, 3.63) is 22.4 Å². The lowest BCUT2D eigenvalue weighted by Gasteiger charge is -2.27. The van der Waals surface area contributed by atoms with Gasteiger partial charge < -0.3 is 30.1 Å². The highest BCUT2D eigenvalue weighted by molar-refractivity contribution is 7.15. The number of aromatic nitrogens is 1. The molecule has 27 heavy (non-hydrogen) atoms. The second-order valence-corrected chi connectivity index (χ2v) is 7.18. The minimum Gasteiger partial charge on any atom is -0.511 e. The van der Waals surface area contributed by atoms with Gasteiger partial charge >= 0.3 is 5.97 Å². The lowest BCUT2D eigenvalue weighted by molar-refractivity contribution is -0.138. The zero-order valence-electron chi connectivity index (χ0n) is 14.5. The quantitative estimate of drug-likeness (QED) is 0.560. The van der Waals surface area contributed by atoms with Crippen LogP contribution in [0.4, 0.5) is 5.13 Å². The Morgan fingerprint density at radius 3 is 2.74 bits per heavy atom. The van der Waals surface area contributed by atoms with E-state index in [-0.39, 0.29) is 25.3 Å². The third-order valence-corrected chi connectivity index (χ3v) is 5.25. The highest BCUT2D eigenvalue weighted by Crippen LogP contribution is 2.26. The van der Waals surface area contributed by atoms with Crippen molar-refractivity contribution in [1.82, 2.24) is 15.2 Å². The Bertz CT molecular complexity index is 771. The highest BCUT2D eigenvalue weighted by Gasteiger charge is 2.32. The molecule has 1 saturated heterocycles. The molecule has 0 aliphatic carbocycles. The number of morpholine rings is 1. The van der Waals surface area contributed by atoms with Crippen LogP contribution in [0, 0.1) is 0 Å². The van der Waals surface area contributed by atoms with Crippen molar-refractivity contribution in [2.24, 2.45) is 0 Å². The molecule has 2 amide bonds. The van der Waals surface area contributed by atoms with E-state index in [4.69, 9.17) is 9.84 Å². The maximum Gasteiger partial charge on any atom is 0.322 e.